The number of ether oxygens (including phenoxy) is 3. The number of amides is 2. The zero-order valence-corrected chi connectivity index (χ0v) is 22.6. The maximum Gasteiger partial charge on any atom is 0.337 e. The van der Waals surface area contributed by atoms with Crippen LogP contribution in [0.4, 0.5) is 11.4 Å². The minimum absolute atomic E-state index is 0.108. The van der Waals surface area contributed by atoms with E-state index in [4.69, 9.17) is 30.8 Å². The summed E-state index contributed by atoms with van der Waals surface area (Å²) < 4.78 is 16.5. The van der Waals surface area contributed by atoms with Gasteiger partial charge < -0.3 is 36.0 Å². The maximum atomic E-state index is 13.2. The molecule has 0 aliphatic rings. The van der Waals surface area contributed by atoms with E-state index in [9.17, 15) is 14.4 Å². The molecule has 0 aliphatic carbocycles. The first-order valence-electron chi connectivity index (χ1n) is 12.7. The number of esters is 1. The summed E-state index contributed by atoms with van der Waals surface area (Å²) in [6, 6.07) is 9.30. The van der Waals surface area contributed by atoms with Crippen molar-refractivity contribution in [2.24, 2.45) is 5.73 Å². The fourth-order valence-corrected chi connectivity index (χ4v) is 3.53. The van der Waals surface area contributed by atoms with Crippen molar-refractivity contribution in [2.75, 3.05) is 31.0 Å². The van der Waals surface area contributed by atoms with Gasteiger partial charge in [0, 0.05) is 24.6 Å². The third kappa shape index (κ3) is 10.8. The van der Waals surface area contributed by atoms with Gasteiger partial charge in [0.15, 0.2) is 0 Å². The van der Waals surface area contributed by atoms with E-state index in [0.717, 1.165) is 6.42 Å². The summed E-state index contributed by atoms with van der Waals surface area (Å²) >= 11 is 0. The number of benzene rings is 2. The lowest BCUT2D eigenvalue weighted by Gasteiger charge is -2.16. The highest BCUT2D eigenvalue weighted by Crippen LogP contribution is 2.30. The van der Waals surface area contributed by atoms with Crippen molar-refractivity contribution < 1.29 is 28.6 Å². The number of hydrogen-bond donors (Lipinski definition) is 5. The van der Waals surface area contributed by atoms with E-state index in [1.165, 1.54) is 32.2 Å². The van der Waals surface area contributed by atoms with Crippen molar-refractivity contribution in [3.63, 3.8) is 0 Å². The highest BCUT2D eigenvalue weighted by molar-refractivity contribution is 6.06. The molecule has 6 N–H and O–H groups in total. The molecule has 2 aromatic carbocycles. The molecular formula is C28H37N5O6. The number of nitrogens with one attached hydrogen (secondary N) is 4. The fraction of sp³-hybridized carbons (Fsp3) is 0.393. The standard InChI is InChI=1S/C28H37N5O6/c1-18(29)8-4-6-14-39-25-17-21(28(36)37-3)11-13-23(25)33-27(35)20-10-12-22(32-19(2)34)24(16-20)38-15-7-5-9-26(30)31/h10-13,16-17,29H,4-9,14-15H2,1-3H3,(H3,30,31)(H,32,34)(H,33,35). The van der Waals surface area contributed by atoms with E-state index < -0.39 is 11.9 Å². The van der Waals surface area contributed by atoms with Gasteiger partial charge in [-0.3, -0.25) is 15.0 Å². The molecule has 2 amide bonds. The number of rotatable bonds is 16. The number of hydrogen-bond acceptors (Lipinski definition) is 8. The van der Waals surface area contributed by atoms with Crippen molar-refractivity contribution in [2.45, 2.75) is 52.4 Å². The van der Waals surface area contributed by atoms with Crippen LogP contribution in [0.25, 0.3) is 0 Å². The summed E-state index contributed by atoms with van der Waals surface area (Å²) in [4.78, 5) is 36.8. The topological polar surface area (TPSA) is 177 Å². The average molecular weight is 540 g/mol. The first-order valence-corrected chi connectivity index (χ1v) is 12.7. The summed E-state index contributed by atoms with van der Waals surface area (Å²) in [5.74, 6) is -0.500. The lowest BCUT2D eigenvalue weighted by Crippen LogP contribution is -2.15. The Hall–Kier alpha value is -4.41. The lowest BCUT2D eigenvalue weighted by molar-refractivity contribution is -0.114. The predicted octanol–water partition coefficient (Wildman–Crippen LogP) is 4.76. The van der Waals surface area contributed by atoms with E-state index in [-0.39, 0.29) is 22.9 Å². The molecule has 0 aromatic heterocycles. The van der Waals surface area contributed by atoms with E-state index in [0.29, 0.717) is 73.9 Å². The normalized spacial score (nSPS) is 10.3. The Morgan fingerprint density at radius 3 is 1.87 bits per heavy atom. The van der Waals surface area contributed by atoms with Crippen LogP contribution in [0, 0.1) is 10.8 Å². The molecular weight excluding hydrogens is 502 g/mol. The average Bonchev–Trinajstić information content (AvgIpc) is 2.88. The van der Waals surface area contributed by atoms with Crippen LogP contribution in [0.5, 0.6) is 11.5 Å². The van der Waals surface area contributed by atoms with Gasteiger partial charge in [-0.2, -0.15) is 0 Å². The highest BCUT2D eigenvalue weighted by atomic mass is 16.5. The molecule has 2 rings (SSSR count). The Morgan fingerprint density at radius 2 is 1.33 bits per heavy atom. The molecule has 0 atom stereocenters. The van der Waals surface area contributed by atoms with Crippen molar-refractivity contribution in [1.82, 2.24) is 0 Å². The SMILES string of the molecule is COC(=O)c1ccc(NC(=O)c2ccc(NC(C)=O)c(OCCCCC(=N)N)c2)c(OCCCCC(C)=N)c1. The molecule has 210 valence electrons. The summed E-state index contributed by atoms with van der Waals surface area (Å²) in [5, 5.41) is 20.4. The van der Waals surface area contributed by atoms with Crippen LogP contribution in [-0.4, -0.2) is 49.7 Å². The van der Waals surface area contributed by atoms with Crippen LogP contribution in [0.3, 0.4) is 0 Å². The highest BCUT2D eigenvalue weighted by Gasteiger charge is 2.16. The Morgan fingerprint density at radius 1 is 0.795 bits per heavy atom. The van der Waals surface area contributed by atoms with Gasteiger partial charge in [0.05, 0.1) is 43.1 Å². The molecule has 0 radical (unpaired) electrons. The number of carbonyl (C=O) groups is 3. The van der Waals surface area contributed by atoms with Crippen LogP contribution in [-0.2, 0) is 9.53 Å². The molecule has 0 heterocycles. The first-order chi connectivity index (χ1) is 18.6. The zero-order chi connectivity index (χ0) is 28.8. The first kappa shape index (κ1) is 30.8. The van der Waals surface area contributed by atoms with Crippen molar-refractivity contribution in [3.8, 4) is 11.5 Å². The van der Waals surface area contributed by atoms with Gasteiger partial charge in [-0.05, 0) is 75.4 Å². The molecule has 0 aliphatic heterocycles. The third-order valence-corrected chi connectivity index (χ3v) is 5.51. The van der Waals surface area contributed by atoms with Crippen LogP contribution in [0.2, 0.25) is 0 Å². The minimum Gasteiger partial charge on any atom is -0.491 e. The number of unbranched alkanes of at least 4 members (excludes halogenated alkanes) is 2. The smallest absolute Gasteiger partial charge is 0.337 e. The van der Waals surface area contributed by atoms with Gasteiger partial charge in [0.1, 0.15) is 11.5 Å². The van der Waals surface area contributed by atoms with Gasteiger partial charge in [0.2, 0.25) is 5.91 Å². The van der Waals surface area contributed by atoms with E-state index in [1.54, 1.807) is 25.1 Å². The van der Waals surface area contributed by atoms with Gasteiger partial charge in [-0.1, -0.05) is 0 Å². The molecule has 0 saturated heterocycles. The zero-order valence-electron chi connectivity index (χ0n) is 22.6. The number of anilines is 2. The molecule has 39 heavy (non-hydrogen) atoms. The maximum absolute atomic E-state index is 13.2. The van der Waals surface area contributed by atoms with Crippen LogP contribution < -0.4 is 25.8 Å². The number of amidine groups is 1. The summed E-state index contributed by atoms with van der Waals surface area (Å²) in [6.45, 7) is 3.79. The Balaban J connectivity index is 2.20. The van der Waals surface area contributed by atoms with Crippen molar-refractivity contribution >= 4 is 40.7 Å². The summed E-state index contributed by atoms with van der Waals surface area (Å²) in [7, 11) is 1.28. The monoisotopic (exact) mass is 539 g/mol. The molecule has 0 unspecified atom stereocenters. The largest absolute Gasteiger partial charge is 0.491 e. The summed E-state index contributed by atoms with van der Waals surface area (Å²) in [5.41, 5.74) is 7.34. The predicted molar refractivity (Wildman–Crippen MR) is 150 cm³/mol. The fourth-order valence-electron chi connectivity index (χ4n) is 3.53. The third-order valence-electron chi connectivity index (χ3n) is 5.51. The Labute approximate surface area is 228 Å². The van der Waals surface area contributed by atoms with Crippen LogP contribution in [0.1, 0.15) is 73.1 Å². The van der Waals surface area contributed by atoms with E-state index >= 15 is 0 Å². The van der Waals surface area contributed by atoms with Gasteiger partial charge in [-0.15, -0.1) is 0 Å². The van der Waals surface area contributed by atoms with Gasteiger partial charge >= 0.3 is 5.97 Å². The molecule has 2 aromatic rings. The van der Waals surface area contributed by atoms with Crippen molar-refractivity contribution in [3.05, 3.63) is 47.5 Å². The lowest BCUT2D eigenvalue weighted by atomic mass is 10.1. The Kier molecular flexibility index (Phi) is 12.4. The second kappa shape index (κ2) is 15.8. The second-order valence-corrected chi connectivity index (χ2v) is 8.97. The molecule has 0 bridgehead atoms. The Bertz CT molecular complexity index is 1200. The summed E-state index contributed by atoms with van der Waals surface area (Å²) in [6.07, 6.45) is 3.94. The van der Waals surface area contributed by atoms with Gasteiger partial charge in [-0.25, -0.2) is 4.79 Å². The minimum atomic E-state index is -0.532. The molecule has 0 saturated carbocycles. The van der Waals surface area contributed by atoms with Crippen LogP contribution >= 0.6 is 0 Å². The molecule has 11 nitrogen and oxygen atoms in total. The molecule has 0 fully saturated rings. The second-order valence-electron chi connectivity index (χ2n) is 8.97. The quantitative estimate of drug-likeness (QED) is 0.0883. The number of carbonyl (C=O) groups excluding carboxylic acids is 3. The molecule has 0 spiro atoms. The van der Waals surface area contributed by atoms with Gasteiger partial charge in [0.25, 0.3) is 5.91 Å². The molecule has 11 heteroatoms. The number of methoxy groups -OCH3 is 1. The van der Waals surface area contributed by atoms with Crippen molar-refractivity contribution in [1.29, 1.82) is 10.8 Å². The van der Waals surface area contributed by atoms with Crippen LogP contribution in [0.15, 0.2) is 36.4 Å². The van der Waals surface area contributed by atoms with E-state index in [2.05, 4.69) is 10.6 Å². The number of nitrogens with two attached hydrogens (primary N) is 1. The van der Waals surface area contributed by atoms with E-state index in [1.807, 2.05) is 0 Å².